The van der Waals surface area contributed by atoms with Crippen molar-refractivity contribution in [3.63, 3.8) is 0 Å². The molecule has 2 aromatic rings. The number of phenolic OH excluding ortho intramolecular Hbond substituents is 1. The summed E-state index contributed by atoms with van der Waals surface area (Å²) in [6.45, 7) is 0. The maximum atomic E-state index is 9.17. The molecule has 0 aromatic heterocycles. The fraction of sp³-hybridized carbons (Fsp3) is 0. The van der Waals surface area contributed by atoms with E-state index in [1.165, 1.54) is 0 Å². The predicted octanol–water partition coefficient (Wildman–Crippen LogP) is 4.96. The highest BCUT2D eigenvalue weighted by molar-refractivity contribution is 9.10. The van der Waals surface area contributed by atoms with Gasteiger partial charge in [0.05, 0.1) is 5.02 Å². The van der Waals surface area contributed by atoms with E-state index in [-0.39, 0.29) is 5.75 Å². The van der Waals surface area contributed by atoms with E-state index in [1.54, 1.807) is 23.9 Å². The van der Waals surface area contributed by atoms with Crippen LogP contribution >= 0.6 is 39.3 Å². The number of rotatable bonds is 2. The lowest BCUT2D eigenvalue weighted by atomic mass is 10.3. The average Bonchev–Trinajstić information content (AvgIpc) is 2.27. The lowest BCUT2D eigenvalue weighted by Crippen LogP contribution is -1.75. The molecule has 1 nitrogen and oxygen atoms in total. The summed E-state index contributed by atoms with van der Waals surface area (Å²) in [7, 11) is 0. The van der Waals surface area contributed by atoms with Crippen molar-refractivity contribution < 1.29 is 5.11 Å². The molecule has 16 heavy (non-hydrogen) atoms. The number of hydrogen-bond acceptors (Lipinski definition) is 2. The summed E-state index contributed by atoms with van der Waals surface area (Å²) < 4.78 is 0.887. The molecule has 0 aliphatic heterocycles. The molecule has 4 heteroatoms. The van der Waals surface area contributed by atoms with Gasteiger partial charge in [0, 0.05) is 14.3 Å². The molecule has 0 radical (unpaired) electrons. The zero-order chi connectivity index (χ0) is 11.5. The number of benzene rings is 2. The third kappa shape index (κ3) is 2.94. The normalized spacial score (nSPS) is 10.4. The molecule has 0 amide bonds. The van der Waals surface area contributed by atoms with Crippen molar-refractivity contribution in [1.29, 1.82) is 0 Å². The Morgan fingerprint density at radius 1 is 1.00 bits per heavy atom. The maximum Gasteiger partial charge on any atom is 0.115 e. The topological polar surface area (TPSA) is 20.2 Å². The molecular weight excluding hydrogens is 308 g/mol. The molecule has 2 aromatic carbocycles. The molecule has 0 aliphatic rings. The van der Waals surface area contributed by atoms with E-state index in [9.17, 15) is 0 Å². The Kier molecular flexibility index (Phi) is 3.79. The van der Waals surface area contributed by atoms with Gasteiger partial charge in [0.1, 0.15) is 5.75 Å². The fourth-order valence-corrected chi connectivity index (χ4v) is 2.70. The fourth-order valence-electron chi connectivity index (χ4n) is 1.19. The van der Waals surface area contributed by atoms with Crippen molar-refractivity contribution in [3.8, 4) is 5.75 Å². The van der Waals surface area contributed by atoms with Crippen LogP contribution in [0.5, 0.6) is 5.75 Å². The highest BCUT2D eigenvalue weighted by Gasteiger charge is 2.01. The van der Waals surface area contributed by atoms with Gasteiger partial charge in [-0.1, -0.05) is 23.4 Å². The van der Waals surface area contributed by atoms with Crippen LogP contribution in [-0.2, 0) is 0 Å². The Hall–Kier alpha value is -0.640. The van der Waals surface area contributed by atoms with Crippen molar-refractivity contribution in [2.45, 2.75) is 9.79 Å². The van der Waals surface area contributed by atoms with Crippen molar-refractivity contribution in [2.75, 3.05) is 0 Å². The van der Waals surface area contributed by atoms with Crippen molar-refractivity contribution in [1.82, 2.24) is 0 Å². The number of phenols is 1. The Labute approximate surface area is 112 Å². The lowest BCUT2D eigenvalue weighted by molar-refractivity contribution is 0.475. The summed E-state index contributed by atoms with van der Waals surface area (Å²) in [5, 5.41) is 9.87. The first kappa shape index (κ1) is 11.8. The van der Waals surface area contributed by atoms with E-state index in [1.807, 2.05) is 30.3 Å². The second kappa shape index (κ2) is 5.13. The molecular formula is C12H8BrClOS. The van der Waals surface area contributed by atoms with Crippen molar-refractivity contribution in [2.24, 2.45) is 0 Å². The molecule has 0 saturated heterocycles. The van der Waals surface area contributed by atoms with Crippen molar-refractivity contribution >= 4 is 39.3 Å². The SMILES string of the molecule is Oc1ccc(Sc2ccc(Cl)c(Br)c2)cc1. The molecule has 0 atom stereocenters. The van der Waals surface area contributed by atoms with Gasteiger partial charge in [-0.2, -0.15) is 0 Å². The van der Waals surface area contributed by atoms with Gasteiger partial charge < -0.3 is 5.11 Å². The standard InChI is InChI=1S/C12H8BrClOS/c13-11-7-10(5-6-12(11)14)16-9-3-1-8(15)2-4-9/h1-7,15H. The molecule has 2 rings (SSSR count). The van der Waals surface area contributed by atoms with Crippen molar-refractivity contribution in [3.05, 3.63) is 52.0 Å². The van der Waals surface area contributed by atoms with Gasteiger partial charge in [0.2, 0.25) is 0 Å². The van der Waals surface area contributed by atoms with Gasteiger partial charge in [0.15, 0.2) is 0 Å². The van der Waals surface area contributed by atoms with Crippen LogP contribution in [0.2, 0.25) is 5.02 Å². The Balaban J connectivity index is 2.20. The lowest BCUT2D eigenvalue weighted by Gasteiger charge is -2.03. The summed E-state index contributed by atoms with van der Waals surface area (Å²) in [6, 6.07) is 12.9. The summed E-state index contributed by atoms with van der Waals surface area (Å²) in [5.41, 5.74) is 0. The first-order valence-corrected chi connectivity index (χ1v) is 6.56. The Bertz CT molecular complexity index is 499. The van der Waals surface area contributed by atoms with Gasteiger partial charge in [-0.05, 0) is 58.4 Å². The molecule has 1 N–H and O–H groups in total. The molecule has 0 aliphatic carbocycles. The monoisotopic (exact) mass is 314 g/mol. The summed E-state index contributed by atoms with van der Waals surface area (Å²) in [4.78, 5) is 2.17. The summed E-state index contributed by atoms with van der Waals surface area (Å²) in [6.07, 6.45) is 0. The number of aromatic hydroxyl groups is 1. The molecule has 0 unspecified atom stereocenters. The number of hydrogen-bond donors (Lipinski definition) is 1. The van der Waals surface area contributed by atoms with Gasteiger partial charge in [-0.25, -0.2) is 0 Å². The quantitative estimate of drug-likeness (QED) is 0.845. The van der Waals surface area contributed by atoms with Crippen LogP contribution < -0.4 is 0 Å². The molecule has 0 bridgehead atoms. The second-order valence-corrected chi connectivity index (χ2v) is 5.58. The third-order valence-electron chi connectivity index (χ3n) is 1.96. The summed E-state index contributed by atoms with van der Waals surface area (Å²) in [5.74, 6) is 0.279. The highest BCUT2D eigenvalue weighted by Crippen LogP contribution is 2.33. The predicted molar refractivity (Wildman–Crippen MR) is 71.4 cm³/mol. The molecule has 0 fully saturated rings. The van der Waals surface area contributed by atoms with Crippen LogP contribution in [0, 0.1) is 0 Å². The van der Waals surface area contributed by atoms with E-state index in [2.05, 4.69) is 15.9 Å². The second-order valence-electron chi connectivity index (χ2n) is 3.17. The maximum absolute atomic E-state index is 9.17. The minimum absolute atomic E-state index is 0.279. The minimum Gasteiger partial charge on any atom is -0.508 e. The minimum atomic E-state index is 0.279. The largest absolute Gasteiger partial charge is 0.508 e. The first-order valence-electron chi connectivity index (χ1n) is 4.57. The van der Waals surface area contributed by atoms with E-state index in [4.69, 9.17) is 16.7 Å². The highest BCUT2D eigenvalue weighted by atomic mass is 79.9. The van der Waals surface area contributed by atoms with Crippen LogP contribution in [0.15, 0.2) is 56.7 Å². The molecule has 82 valence electrons. The van der Waals surface area contributed by atoms with Gasteiger partial charge >= 0.3 is 0 Å². The Morgan fingerprint density at radius 3 is 2.25 bits per heavy atom. The Morgan fingerprint density at radius 2 is 1.62 bits per heavy atom. The van der Waals surface area contributed by atoms with Gasteiger partial charge in [-0.15, -0.1) is 0 Å². The van der Waals surface area contributed by atoms with E-state index in [0.29, 0.717) is 5.02 Å². The van der Waals surface area contributed by atoms with E-state index >= 15 is 0 Å². The smallest absolute Gasteiger partial charge is 0.115 e. The van der Waals surface area contributed by atoms with Gasteiger partial charge in [0.25, 0.3) is 0 Å². The zero-order valence-electron chi connectivity index (χ0n) is 8.15. The van der Waals surface area contributed by atoms with Crippen LogP contribution in [-0.4, -0.2) is 5.11 Å². The molecule has 0 saturated carbocycles. The van der Waals surface area contributed by atoms with Gasteiger partial charge in [-0.3, -0.25) is 0 Å². The average molecular weight is 316 g/mol. The van der Waals surface area contributed by atoms with E-state index < -0.39 is 0 Å². The number of halogens is 2. The summed E-state index contributed by atoms with van der Waals surface area (Å²) >= 11 is 10.9. The van der Waals surface area contributed by atoms with Crippen LogP contribution in [0.1, 0.15) is 0 Å². The van der Waals surface area contributed by atoms with Crippen LogP contribution in [0.25, 0.3) is 0 Å². The molecule has 0 heterocycles. The van der Waals surface area contributed by atoms with Crippen LogP contribution in [0.4, 0.5) is 0 Å². The van der Waals surface area contributed by atoms with E-state index in [0.717, 1.165) is 14.3 Å². The zero-order valence-corrected chi connectivity index (χ0v) is 11.3. The first-order chi connectivity index (χ1) is 7.65. The van der Waals surface area contributed by atoms with Crippen LogP contribution in [0.3, 0.4) is 0 Å². The molecule has 0 spiro atoms. The third-order valence-corrected chi connectivity index (χ3v) is 4.17.